The van der Waals surface area contributed by atoms with Crippen molar-refractivity contribution in [3.63, 3.8) is 0 Å². The predicted molar refractivity (Wildman–Crippen MR) is 72.0 cm³/mol. The van der Waals surface area contributed by atoms with E-state index in [1.54, 1.807) is 0 Å². The summed E-state index contributed by atoms with van der Waals surface area (Å²) in [6.07, 6.45) is 0. The standard InChI is InChI=1S/C14H22FN3/c1-17-8-10-18(11-9-17)7-6-16-12-13-2-4-14(15)5-3-13/h2-5,16H,6-12H2,1H3. The molecule has 1 heterocycles. The van der Waals surface area contributed by atoms with Gasteiger partial charge in [-0.25, -0.2) is 4.39 Å². The van der Waals surface area contributed by atoms with Crippen LogP contribution in [0.2, 0.25) is 0 Å². The van der Waals surface area contributed by atoms with Crippen molar-refractivity contribution >= 4 is 0 Å². The van der Waals surface area contributed by atoms with Crippen LogP contribution < -0.4 is 5.32 Å². The SMILES string of the molecule is CN1CCN(CCNCc2ccc(F)cc2)CC1. The second-order valence-corrected chi connectivity index (χ2v) is 4.95. The number of nitrogens with one attached hydrogen (secondary N) is 1. The molecule has 0 bridgehead atoms. The molecule has 0 radical (unpaired) electrons. The molecule has 3 nitrogen and oxygen atoms in total. The quantitative estimate of drug-likeness (QED) is 0.792. The molecule has 0 atom stereocenters. The van der Waals surface area contributed by atoms with Crippen molar-refractivity contribution in [1.82, 2.24) is 15.1 Å². The van der Waals surface area contributed by atoms with Crippen molar-refractivity contribution in [2.45, 2.75) is 6.54 Å². The van der Waals surface area contributed by atoms with Gasteiger partial charge in [0.15, 0.2) is 0 Å². The highest BCUT2D eigenvalue weighted by Crippen LogP contribution is 2.02. The molecule has 0 amide bonds. The van der Waals surface area contributed by atoms with Crippen molar-refractivity contribution in [2.75, 3.05) is 46.3 Å². The van der Waals surface area contributed by atoms with E-state index in [0.29, 0.717) is 0 Å². The third-order valence-corrected chi connectivity index (χ3v) is 3.44. The van der Waals surface area contributed by atoms with Gasteiger partial charge in [0.1, 0.15) is 5.82 Å². The molecule has 0 spiro atoms. The topological polar surface area (TPSA) is 18.5 Å². The third kappa shape index (κ3) is 4.37. The van der Waals surface area contributed by atoms with Gasteiger partial charge in [-0.3, -0.25) is 4.90 Å². The minimum Gasteiger partial charge on any atom is -0.311 e. The number of benzene rings is 1. The molecule has 1 fully saturated rings. The molecule has 0 aliphatic carbocycles. The zero-order valence-corrected chi connectivity index (χ0v) is 11.0. The van der Waals surface area contributed by atoms with E-state index in [1.807, 2.05) is 12.1 Å². The van der Waals surface area contributed by atoms with Gasteiger partial charge in [-0.15, -0.1) is 0 Å². The first-order chi connectivity index (χ1) is 8.74. The smallest absolute Gasteiger partial charge is 0.123 e. The fourth-order valence-electron chi connectivity index (χ4n) is 2.14. The van der Waals surface area contributed by atoms with E-state index in [2.05, 4.69) is 22.2 Å². The molecule has 1 aliphatic rings. The first-order valence-corrected chi connectivity index (χ1v) is 6.60. The molecule has 0 unspecified atom stereocenters. The fraction of sp³-hybridized carbons (Fsp3) is 0.571. The van der Waals surface area contributed by atoms with Gasteiger partial charge < -0.3 is 10.2 Å². The molecular weight excluding hydrogens is 229 g/mol. The number of likely N-dealkylation sites (N-methyl/N-ethyl adjacent to an activating group) is 1. The monoisotopic (exact) mass is 251 g/mol. The molecule has 1 saturated heterocycles. The number of rotatable bonds is 5. The molecule has 0 aromatic heterocycles. The highest BCUT2D eigenvalue weighted by molar-refractivity contribution is 5.15. The lowest BCUT2D eigenvalue weighted by Gasteiger charge is -2.32. The average molecular weight is 251 g/mol. The Morgan fingerprint density at radius 3 is 2.44 bits per heavy atom. The fourth-order valence-corrected chi connectivity index (χ4v) is 2.14. The van der Waals surface area contributed by atoms with Gasteiger partial charge in [-0.05, 0) is 24.7 Å². The van der Waals surface area contributed by atoms with Crippen LogP contribution >= 0.6 is 0 Å². The van der Waals surface area contributed by atoms with E-state index in [0.717, 1.165) is 51.4 Å². The van der Waals surface area contributed by atoms with Gasteiger partial charge in [-0.1, -0.05) is 12.1 Å². The Morgan fingerprint density at radius 1 is 1.11 bits per heavy atom. The summed E-state index contributed by atoms with van der Waals surface area (Å²) in [7, 11) is 2.17. The van der Waals surface area contributed by atoms with Crippen LogP contribution in [0, 0.1) is 5.82 Å². The van der Waals surface area contributed by atoms with E-state index in [4.69, 9.17) is 0 Å². The lowest BCUT2D eigenvalue weighted by atomic mass is 10.2. The van der Waals surface area contributed by atoms with E-state index < -0.39 is 0 Å². The van der Waals surface area contributed by atoms with E-state index >= 15 is 0 Å². The number of nitrogens with zero attached hydrogens (tertiary/aromatic N) is 2. The third-order valence-electron chi connectivity index (χ3n) is 3.44. The van der Waals surface area contributed by atoms with Gasteiger partial charge >= 0.3 is 0 Å². The Labute approximate surface area is 109 Å². The van der Waals surface area contributed by atoms with Crippen LogP contribution in [0.4, 0.5) is 4.39 Å². The summed E-state index contributed by atoms with van der Waals surface area (Å²) in [6.45, 7) is 7.55. The first-order valence-electron chi connectivity index (χ1n) is 6.60. The van der Waals surface area contributed by atoms with Crippen LogP contribution in [-0.2, 0) is 6.54 Å². The molecule has 1 aliphatic heterocycles. The lowest BCUT2D eigenvalue weighted by Crippen LogP contribution is -2.46. The Balaban J connectivity index is 1.60. The highest BCUT2D eigenvalue weighted by Gasteiger charge is 2.12. The summed E-state index contributed by atoms with van der Waals surface area (Å²) in [6, 6.07) is 6.69. The zero-order chi connectivity index (χ0) is 12.8. The molecule has 1 aromatic rings. The first kappa shape index (κ1) is 13.5. The summed E-state index contributed by atoms with van der Waals surface area (Å²) in [5, 5.41) is 3.40. The van der Waals surface area contributed by atoms with Crippen LogP contribution in [0.25, 0.3) is 0 Å². The van der Waals surface area contributed by atoms with E-state index in [9.17, 15) is 4.39 Å². The van der Waals surface area contributed by atoms with Crippen LogP contribution in [0.15, 0.2) is 24.3 Å². The molecule has 1 aromatic carbocycles. The van der Waals surface area contributed by atoms with E-state index in [-0.39, 0.29) is 5.82 Å². The summed E-state index contributed by atoms with van der Waals surface area (Å²) < 4.78 is 12.7. The van der Waals surface area contributed by atoms with Crippen molar-refractivity contribution in [3.8, 4) is 0 Å². The summed E-state index contributed by atoms with van der Waals surface area (Å²) in [4.78, 5) is 4.85. The second-order valence-electron chi connectivity index (χ2n) is 4.95. The Kier molecular flexibility index (Phi) is 5.11. The maximum Gasteiger partial charge on any atom is 0.123 e. The van der Waals surface area contributed by atoms with Crippen molar-refractivity contribution in [3.05, 3.63) is 35.6 Å². The Hall–Kier alpha value is -0.970. The Bertz CT molecular complexity index is 345. The molecule has 0 saturated carbocycles. The zero-order valence-electron chi connectivity index (χ0n) is 11.0. The Morgan fingerprint density at radius 2 is 1.78 bits per heavy atom. The van der Waals surface area contributed by atoms with Crippen molar-refractivity contribution < 1.29 is 4.39 Å². The maximum atomic E-state index is 12.7. The number of piperazine rings is 1. The molecule has 1 N–H and O–H groups in total. The van der Waals surface area contributed by atoms with Crippen LogP contribution in [0.3, 0.4) is 0 Å². The van der Waals surface area contributed by atoms with Crippen LogP contribution in [0.1, 0.15) is 5.56 Å². The van der Waals surface area contributed by atoms with Gasteiger partial charge in [0.2, 0.25) is 0 Å². The van der Waals surface area contributed by atoms with Gasteiger partial charge in [0, 0.05) is 45.8 Å². The summed E-state index contributed by atoms with van der Waals surface area (Å²) in [5.74, 6) is -0.170. The number of halogens is 1. The molecular formula is C14H22FN3. The number of hydrogen-bond donors (Lipinski definition) is 1. The van der Waals surface area contributed by atoms with Crippen molar-refractivity contribution in [1.29, 1.82) is 0 Å². The van der Waals surface area contributed by atoms with Crippen LogP contribution in [-0.4, -0.2) is 56.1 Å². The minimum atomic E-state index is -0.170. The summed E-state index contributed by atoms with van der Waals surface area (Å²) in [5.41, 5.74) is 1.13. The lowest BCUT2D eigenvalue weighted by molar-refractivity contribution is 0.154. The van der Waals surface area contributed by atoms with Gasteiger partial charge in [0.05, 0.1) is 0 Å². The van der Waals surface area contributed by atoms with Crippen LogP contribution in [0.5, 0.6) is 0 Å². The minimum absolute atomic E-state index is 0.170. The molecule has 100 valence electrons. The van der Waals surface area contributed by atoms with Crippen molar-refractivity contribution in [2.24, 2.45) is 0 Å². The molecule has 18 heavy (non-hydrogen) atoms. The molecule has 2 rings (SSSR count). The van der Waals surface area contributed by atoms with Gasteiger partial charge in [-0.2, -0.15) is 0 Å². The second kappa shape index (κ2) is 6.83. The highest BCUT2D eigenvalue weighted by atomic mass is 19.1. The summed E-state index contributed by atoms with van der Waals surface area (Å²) >= 11 is 0. The van der Waals surface area contributed by atoms with Gasteiger partial charge in [0.25, 0.3) is 0 Å². The normalized spacial score (nSPS) is 18.1. The maximum absolute atomic E-state index is 12.7. The predicted octanol–water partition coefficient (Wildman–Crippen LogP) is 1.16. The average Bonchev–Trinajstić information content (AvgIpc) is 2.39. The molecule has 4 heteroatoms. The van der Waals surface area contributed by atoms with E-state index in [1.165, 1.54) is 12.1 Å². The largest absolute Gasteiger partial charge is 0.311 e. The number of hydrogen-bond acceptors (Lipinski definition) is 3.